The molecule has 6 heteroatoms. The molecule has 6 nitrogen and oxygen atoms in total. The monoisotopic (exact) mass is 490 g/mol. The molecule has 0 saturated carbocycles. The highest BCUT2D eigenvalue weighted by Crippen LogP contribution is 2.29. The van der Waals surface area contributed by atoms with E-state index in [-0.39, 0.29) is 36.6 Å². The Morgan fingerprint density at radius 2 is 1.69 bits per heavy atom. The van der Waals surface area contributed by atoms with Gasteiger partial charge in [-0.05, 0) is 60.2 Å². The summed E-state index contributed by atoms with van der Waals surface area (Å²) in [6, 6.07) is 13.2. The average Bonchev–Trinajstić information content (AvgIpc) is 2.90. The van der Waals surface area contributed by atoms with E-state index in [0.717, 1.165) is 24.0 Å². The number of carbonyl (C=O) groups excluding carboxylic acids is 2. The van der Waals surface area contributed by atoms with E-state index >= 15 is 0 Å². The van der Waals surface area contributed by atoms with Gasteiger partial charge >= 0.3 is 0 Å². The largest absolute Gasteiger partial charge is 0.508 e. The van der Waals surface area contributed by atoms with Crippen LogP contribution in [0.5, 0.6) is 11.5 Å². The van der Waals surface area contributed by atoms with Crippen molar-refractivity contribution in [3.8, 4) is 11.5 Å². The topological polar surface area (TPSA) is 78.9 Å². The van der Waals surface area contributed by atoms with Crippen molar-refractivity contribution in [2.45, 2.75) is 51.6 Å². The first-order chi connectivity index (χ1) is 17.4. The number of aromatic hydroxyl groups is 1. The van der Waals surface area contributed by atoms with E-state index in [1.807, 2.05) is 26.0 Å². The quantitative estimate of drug-likeness (QED) is 0.343. The van der Waals surface area contributed by atoms with Gasteiger partial charge in [-0.25, -0.2) is 0 Å². The van der Waals surface area contributed by atoms with Crippen molar-refractivity contribution in [3.63, 3.8) is 0 Å². The Morgan fingerprint density at radius 3 is 2.22 bits per heavy atom. The number of rotatable bonds is 14. The van der Waals surface area contributed by atoms with Crippen LogP contribution in [0.4, 0.5) is 0 Å². The standard InChI is InChI=1S/C30H38N2O4/c1-6-10-22(7-2)21-31-30(35)29(24-14-18-27(36-5)19-15-24)32(25(8-3)9-4)28(34)20-13-23-11-16-26(33)17-12-23/h6-7,10-12,14-19,25,29,33H,1-2,8-9,13,20-21H2,3-5H3,(H,31,35)/b22-10+. The fourth-order valence-corrected chi connectivity index (χ4v) is 4.14. The van der Waals surface area contributed by atoms with Gasteiger partial charge in [-0.1, -0.05) is 69.5 Å². The van der Waals surface area contributed by atoms with Crippen LogP contribution in [-0.2, 0) is 16.0 Å². The van der Waals surface area contributed by atoms with Gasteiger partial charge in [0.2, 0.25) is 11.8 Å². The molecule has 0 fully saturated rings. The van der Waals surface area contributed by atoms with Gasteiger partial charge in [0.15, 0.2) is 0 Å². The SMILES string of the molecule is C=C/C=C(\C=C)CNC(=O)C(c1ccc(OC)cc1)N(C(=O)CCc1ccc(O)cc1)C(CC)CC. The summed E-state index contributed by atoms with van der Waals surface area (Å²) < 4.78 is 5.30. The van der Waals surface area contributed by atoms with Gasteiger partial charge in [0.25, 0.3) is 0 Å². The van der Waals surface area contributed by atoms with Gasteiger partial charge in [-0.2, -0.15) is 0 Å². The first-order valence-corrected chi connectivity index (χ1v) is 12.3. The molecule has 2 amide bonds. The summed E-state index contributed by atoms with van der Waals surface area (Å²) in [5.74, 6) is 0.498. The number of carbonyl (C=O) groups is 2. The van der Waals surface area contributed by atoms with Crippen molar-refractivity contribution < 1.29 is 19.4 Å². The number of nitrogens with one attached hydrogen (secondary N) is 1. The molecule has 0 saturated heterocycles. The third kappa shape index (κ3) is 7.87. The normalized spacial score (nSPS) is 12.1. The van der Waals surface area contributed by atoms with Crippen molar-refractivity contribution in [1.29, 1.82) is 0 Å². The fraction of sp³-hybridized carbons (Fsp3) is 0.333. The van der Waals surface area contributed by atoms with Crippen molar-refractivity contribution in [2.75, 3.05) is 13.7 Å². The molecule has 0 radical (unpaired) electrons. The molecule has 2 aromatic rings. The van der Waals surface area contributed by atoms with Crippen molar-refractivity contribution in [2.24, 2.45) is 0 Å². The second kappa shape index (κ2) is 14.6. The van der Waals surface area contributed by atoms with Crippen LogP contribution in [-0.4, -0.2) is 41.5 Å². The lowest BCUT2D eigenvalue weighted by atomic mass is 9.98. The summed E-state index contributed by atoms with van der Waals surface area (Å²) in [6.07, 6.45) is 7.30. The number of methoxy groups -OCH3 is 1. The molecule has 0 aliphatic heterocycles. The lowest BCUT2D eigenvalue weighted by molar-refractivity contribution is -0.143. The number of phenolic OH excluding ortho intramolecular Hbond substituents is 1. The second-order valence-electron chi connectivity index (χ2n) is 8.51. The fourth-order valence-electron chi connectivity index (χ4n) is 4.14. The number of nitrogens with zero attached hydrogens (tertiary/aromatic N) is 1. The molecule has 1 unspecified atom stereocenters. The van der Waals surface area contributed by atoms with Crippen LogP contribution in [0.1, 0.15) is 50.3 Å². The van der Waals surface area contributed by atoms with Gasteiger partial charge in [-0.15, -0.1) is 0 Å². The van der Waals surface area contributed by atoms with Crippen LogP contribution in [0.15, 0.2) is 85.5 Å². The first kappa shape index (κ1) is 28.4. The van der Waals surface area contributed by atoms with Crippen molar-refractivity contribution in [1.82, 2.24) is 10.2 Å². The molecule has 36 heavy (non-hydrogen) atoms. The third-order valence-corrected chi connectivity index (χ3v) is 6.21. The Kier molecular flexibility index (Phi) is 11.5. The molecule has 1 atom stereocenters. The zero-order chi connectivity index (χ0) is 26.5. The third-order valence-electron chi connectivity index (χ3n) is 6.21. The zero-order valence-corrected chi connectivity index (χ0v) is 21.6. The highest BCUT2D eigenvalue weighted by Gasteiger charge is 2.35. The maximum absolute atomic E-state index is 13.7. The molecule has 2 N–H and O–H groups in total. The zero-order valence-electron chi connectivity index (χ0n) is 21.6. The number of hydrogen-bond acceptors (Lipinski definition) is 4. The number of benzene rings is 2. The molecule has 0 aliphatic carbocycles. The maximum Gasteiger partial charge on any atom is 0.247 e. The lowest BCUT2D eigenvalue weighted by Gasteiger charge is -2.37. The van der Waals surface area contributed by atoms with Crippen molar-refractivity contribution >= 4 is 11.8 Å². The van der Waals surface area contributed by atoms with Gasteiger partial charge in [0.05, 0.1) is 7.11 Å². The molecule has 192 valence electrons. The molecular weight excluding hydrogens is 452 g/mol. The summed E-state index contributed by atoms with van der Waals surface area (Å²) in [7, 11) is 1.59. The van der Waals surface area contributed by atoms with Gasteiger partial charge in [-0.3, -0.25) is 9.59 Å². The molecule has 0 aromatic heterocycles. The molecule has 0 heterocycles. The minimum absolute atomic E-state index is 0.0988. The summed E-state index contributed by atoms with van der Waals surface area (Å²) in [5.41, 5.74) is 2.48. The Labute approximate surface area is 215 Å². The molecule has 0 aliphatic rings. The highest BCUT2D eigenvalue weighted by atomic mass is 16.5. The molecular formula is C30H38N2O4. The Bertz CT molecular complexity index is 1040. The van der Waals surface area contributed by atoms with Crippen LogP contribution in [0, 0.1) is 0 Å². The van der Waals surface area contributed by atoms with Gasteiger partial charge in [0, 0.05) is 19.0 Å². The predicted octanol–water partition coefficient (Wildman–Crippen LogP) is 5.51. The number of phenols is 1. The maximum atomic E-state index is 13.7. The minimum Gasteiger partial charge on any atom is -0.508 e. The number of hydrogen-bond donors (Lipinski definition) is 2. The Balaban J connectivity index is 2.42. The summed E-state index contributed by atoms with van der Waals surface area (Å²) in [5, 5.41) is 12.5. The number of allylic oxidation sites excluding steroid dienone is 2. The lowest BCUT2D eigenvalue weighted by Crippen LogP contribution is -2.48. The van der Waals surface area contributed by atoms with Crippen LogP contribution < -0.4 is 10.1 Å². The molecule has 0 spiro atoms. The van der Waals surface area contributed by atoms with Gasteiger partial charge < -0.3 is 20.1 Å². The predicted molar refractivity (Wildman–Crippen MR) is 145 cm³/mol. The van der Waals surface area contributed by atoms with Crippen LogP contribution in [0.2, 0.25) is 0 Å². The average molecular weight is 491 g/mol. The van der Waals surface area contributed by atoms with Crippen molar-refractivity contribution in [3.05, 3.63) is 96.6 Å². The van der Waals surface area contributed by atoms with E-state index in [4.69, 9.17) is 4.74 Å². The molecule has 2 rings (SSSR count). The summed E-state index contributed by atoms with van der Waals surface area (Å²) in [4.78, 5) is 29.1. The van der Waals surface area contributed by atoms with Crippen LogP contribution in [0.3, 0.4) is 0 Å². The summed E-state index contributed by atoms with van der Waals surface area (Å²) >= 11 is 0. The first-order valence-electron chi connectivity index (χ1n) is 12.3. The smallest absolute Gasteiger partial charge is 0.247 e. The number of amides is 2. The molecule has 2 aromatic carbocycles. The molecule has 0 bridgehead atoms. The van der Waals surface area contributed by atoms with E-state index in [1.165, 1.54) is 0 Å². The van der Waals surface area contributed by atoms with E-state index in [0.29, 0.717) is 17.7 Å². The van der Waals surface area contributed by atoms with Crippen LogP contribution >= 0.6 is 0 Å². The van der Waals surface area contributed by atoms with E-state index in [1.54, 1.807) is 66.6 Å². The second-order valence-corrected chi connectivity index (χ2v) is 8.51. The Morgan fingerprint density at radius 1 is 1.06 bits per heavy atom. The van der Waals surface area contributed by atoms with E-state index in [2.05, 4.69) is 18.5 Å². The van der Waals surface area contributed by atoms with Crippen LogP contribution in [0.25, 0.3) is 0 Å². The number of ether oxygens (including phenoxy) is 1. The Hall–Kier alpha value is -3.80. The number of aryl methyl sites for hydroxylation is 1. The van der Waals surface area contributed by atoms with E-state index < -0.39 is 6.04 Å². The van der Waals surface area contributed by atoms with E-state index in [9.17, 15) is 14.7 Å². The van der Waals surface area contributed by atoms with Gasteiger partial charge in [0.1, 0.15) is 17.5 Å². The minimum atomic E-state index is -0.803. The highest BCUT2D eigenvalue weighted by molar-refractivity contribution is 5.89. The summed E-state index contributed by atoms with van der Waals surface area (Å²) in [6.45, 7) is 11.8.